The SMILES string of the molecule is CC(C)(C)c1cc2c3c(c1)N(c1ccccc1)c1nc4c(cc1B3c1ccccc1O2)B1c2ccccc2Oc2cc(C(C)(C)C)cc(c21)N4c1ccccc1. The molecule has 7 aromatic rings. The second-order valence-corrected chi connectivity index (χ2v) is 17.6. The minimum absolute atomic E-state index is 0.0869. The number of anilines is 6. The van der Waals surface area contributed by atoms with E-state index in [-0.39, 0.29) is 24.3 Å². The molecule has 4 aliphatic rings. The molecule has 0 saturated carbocycles. The summed E-state index contributed by atoms with van der Waals surface area (Å²) in [5.41, 5.74) is 13.5. The molecule has 0 atom stereocenters. The summed E-state index contributed by atoms with van der Waals surface area (Å²) in [4.78, 5) is 10.7. The zero-order chi connectivity index (χ0) is 38.1. The summed E-state index contributed by atoms with van der Waals surface area (Å²) in [6.45, 7) is 13.5. The van der Waals surface area contributed by atoms with Crippen molar-refractivity contribution in [2.24, 2.45) is 0 Å². The Morgan fingerprint density at radius 3 is 1.23 bits per heavy atom. The summed E-state index contributed by atoms with van der Waals surface area (Å²) in [6.07, 6.45) is 0. The molecule has 0 unspecified atom stereocenters. The van der Waals surface area contributed by atoms with Crippen molar-refractivity contribution in [3.8, 4) is 23.0 Å². The monoisotopic (exact) mass is 725 g/mol. The summed E-state index contributed by atoms with van der Waals surface area (Å²) in [7, 11) is 0. The van der Waals surface area contributed by atoms with Crippen molar-refractivity contribution in [1.29, 1.82) is 0 Å². The first-order valence-corrected chi connectivity index (χ1v) is 19.7. The van der Waals surface area contributed by atoms with Crippen molar-refractivity contribution >= 4 is 80.6 Å². The molecular formula is C49H41B2N3O2. The molecule has 1 aromatic heterocycles. The van der Waals surface area contributed by atoms with Gasteiger partial charge in [-0.15, -0.1) is 0 Å². The third-order valence-corrected chi connectivity index (χ3v) is 12.0. The lowest BCUT2D eigenvalue weighted by Gasteiger charge is -2.44. The smallest absolute Gasteiger partial charge is 0.258 e. The molecule has 11 rings (SSSR count). The number of benzene rings is 6. The average Bonchev–Trinajstić information content (AvgIpc) is 3.19. The maximum absolute atomic E-state index is 6.87. The summed E-state index contributed by atoms with van der Waals surface area (Å²) in [5.74, 6) is 5.46. The fraction of sp³-hybridized carbons (Fsp3) is 0.163. The zero-order valence-corrected chi connectivity index (χ0v) is 32.6. The molecule has 4 aliphatic heterocycles. The van der Waals surface area contributed by atoms with Crippen LogP contribution in [0.1, 0.15) is 52.7 Å². The van der Waals surface area contributed by atoms with Crippen molar-refractivity contribution in [1.82, 2.24) is 4.98 Å². The molecule has 0 amide bonds. The van der Waals surface area contributed by atoms with Crippen molar-refractivity contribution in [2.45, 2.75) is 52.4 Å². The van der Waals surface area contributed by atoms with Crippen LogP contribution in [0.25, 0.3) is 0 Å². The molecule has 0 aliphatic carbocycles. The fourth-order valence-electron chi connectivity index (χ4n) is 9.24. The van der Waals surface area contributed by atoms with Crippen molar-refractivity contribution in [3.63, 3.8) is 0 Å². The Morgan fingerprint density at radius 2 is 0.821 bits per heavy atom. The highest BCUT2D eigenvalue weighted by Crippen LogP contribution is 2.46. The lowest BCUT2D eigenvalue weighted by molar-refractivity contribution is 0.483. The van der Waals surface area contributed by atoms with Crippen LogP contribution in [0.15, 0.2) is 140 Å². The summed E-state index contributed by atoms with van der Waals surface area (Å²) in [5, 5.41) is 0. The van der Waals surface area contributed by atoms with Crippen molar-refractivity contribution in [2.75, 3.05) is 9.80 Å². The number of rotatable bonds is 2. The van der Waals surface area contributed by atoms with E-state index in [2.05, 4.69) is 191 Å². The second kappa shape index (κ2) is 11.7. The Balaban J connectivity index is 1.28. The Morgan fingerprint density at radius 1 is 0.429 bits per heavy atom. The third kappa shape index (κ3) is 4.79. The van der Waals surface area contributed by atoms with Gasteiger partial charge in [0.2, 0.25) is 0 Å². The predicted molar refractivity (Wildman–Crippen MR) is 233 cm³/mol. The van der Waals surface area contributed by atoms with Gasteiger partial charge in [0.05, 0.1) is 0 Å². The molecule has 0 N–H and O–H groups in total. The predicted octanol–water partition coefficient (Wildman–Crippen LogP) is 8.49. The van der Waals surface area contributed by atoms with Gasteiger partial charge < -0.3 is 9.47 Å². The summed E-state index contributed by atoms with van der Waals surface area (Å²) >= 11 is 0. The summed E-state index contributed by atoms with van der Waals surface area (Å²) < 4.78 is 13.7. The van der Waals surface area contributed by atoms with E-state index in [1.165, 1.54) is 22.1 Å². The van der Waals surface area contributed by atoms with Crippen LogP contribution in [0, 0.1) is 0 Å². The first-order chi connectivity index (χ1) is 27.0. The zero-order valence-electron chi connectivity index (χ0n) is 32.6. The molecule has 0 saturated heterocycles. The molecule has 7 heteroatoms. The summed E-state index contributed by atoms with van der Waals surface area (Å²) in [6, 6.07) is 50.3. The van der Waals surface area contributed by atoms with Gasteiger partial charge in [-0.1, -0.05) is 120 Å². The van der Waals surface area contributed by atoms with Gasteiger partial charge in [-0.3, -0.25) is 9.80 Å². The molecule has 0 radical (unpaired) electrons. The quantitative estimate of drug-likeness (QED) is 0.167. The van der Waals surface area contributed by atoms with Crippen LogP contribution in [0.2, 0.25) is 0 Å². The Hall–Kier alpha value is -6.20. The Kier molecular flexibility index (Phi) is 6.90. The Labute approximate surface area is 329 Å². The fourth-order valence-corrected chi connectivity index (χ4v) is 9.24. The second-order valence-electron chi connectivity index (χ2n) is 17.6. The lowest BCUT2D eigenvalue weighted by Crippen LogP contribution is -2.64. The van der Waals surface area contributed by atoms with E-state index in [9.17, 15) is 0 Å². The van der Waals surface area contributed by atoms with Gasteiger partial charge in [-0.05, 0) is 115 Å². The number of pyridine rings is 1. The standard InChI is InChI=1S/C49H41B2N3O2/c1-48(2,3)30-25-38-44-42(27-30)55-40-23-15-13-21-34(40)50(44)36-29-37-47(52-46(36)53(38)32-17-9-7-10-18-32)54(33-19-11-8-12-20-33)39-26-31(49(4,5)6)28-43-45(39)51(37)35-22-14-16-24-41(35)56-43/h7-29H,1-6H3. The molecule has 0 bridgehead atoms. The highest BCUT2D eigenvalue weighted by Gasteiger charge is 2.48. The number of hydrogen-bond donors (Lipinski definition) is 0. The number of nitrogens with zero attached hydrogens (tertiary/aromatic N) is 3. The minimum atomic E-state index is -0.111. The third-order valence-electron chi connectivity index (χ3n) is 12.0. The molecular weight excluding hydrogens is 684 g/mol. The van der Waals surface area contributed by atoms with E-state index >= 15 is 0 Å². The number of para-hydroxylation sites is 4. The molecule has 56 heavy (non-hydrogen) atoms. The largest absolute Gasteiger partial charge is 0.458 e. The number of fused-ring (bicyclic) bond motifs is 8. The highest BCUT2D eigenvalue weighted by atomic mass is 16.5. The van der Waals surface area contributed by atoms with Crippen LogP contribution in [0.3, 0.4) is 0 Å². The van der Waals surface area contributed by atoms with Gasteiger partial charge in [-0.25, -0.2) is 4.98 Å². The van der Waals surface area contributed by atoms with Gasteiger partial charge in [0, 0.05) is 22.7 Å². The molecule has 5 heterocycles. The van der Waals surface area contributed by atoms with E-state index in [1.807, 2.05) is 0 Å². The van der Waals surface area contributed by atoms with E-state index in [4.69, 9.17) is 14.5 Å². The van der Waals surface area contributed by atoms with Gasteiger partial charge >= 0.3 is 0 Å². The van der Waals surface area contributed by atoms with Crippen LogP contribution in [-0.2, 0) is 10.8 Å². The van der Waals surface area contributed by atoms with Crippen LogP contribution < -0.4 is 52.1 Å². The van der Waals surface area contributed by atoms with Gasteiger partial charge in [0.15, 0.2) is 0 Å². The normalized spacial score (nSPS) is 14.4. The first-order valence-electron chi connectivity index (χ1n) is 19.7. The molecule has 270 valence electrons. The molecule has 6 aromatic carbocycles. The first kappa shape index (κ1) is 33.2. The van der Waals surface area contributed by atoms with Crippen molar-refractivity contribution < 1.29 is 9.47 Å². The van der Waals surface area contributed by atoms with E-state index < -0.39 is 0 Å². The number of ether oxygens (including phenoxy) is 2. The maximum Gasteiger partial charge on any atom is 0.258 e. The molecule has 0 spiro atoms. The van der Waals surface area contributed by atoms with Gasteiger partial charge in [0.1, 0.15) is 34.6 Å². The number of aromatic nitrogens is 1. The average molecular weight is 726 g/mol. The topological polar surface area (TPSA) is 37.8 Å². The van der Waals surface area contributed by atoms with Crippen LogP contribution in [0.5, 0.6) is 23.0 Å². The maximum atomic E-state index is 6.87. The van der Waals surface area contributed by atoms with E-state index in [0.717, 1.165) is 79.2 Å². The van der Waals surface area contributed by atoms with Crippen LogP contribution >= 0.6 is 0 Å². The Bertz CT molecular complexity index is 2570. The van der Waals surface area contributed by atoms with Gasteiger partial charge in [0.25, 0.3) is 13.4 Å². The highest BCUT2D eigenvalue weighted by molar-refractivity contribution is 7.02. The van der Waals surface area contributed by atoms with Gasteiger partial charge in [-0.2, -0.15) is 0 Å². The van der Waals surface area contributed by atoms with E-state index in [0.29, 0.717) is 0 Å². The minimum Gasteiger partial charge on any atom is -0.458 e. The van der Waals surface area contributed by atoms with Crippen LogP contribution in [-0.4, -0.2) is 18.4 Å². The van der Waals surface area contributed by atoms with Crippen LogP contribution in [0.4, 0.5) is 34.4 Å². The lowest BCUT2D eigenvalue weighted by atomic mass is 9.31. The van der Waals surface area contributed by atoms with E-state index in [1.54, 1.807) is 0 Å². The molecule has 0 fully saturated rings. The van der Waals surface area contributed by atoms with Crippen molar-refractivity contribution in [3.05, 3.63) is 151 Å². The molecule has 5 nitrogen and oxygen atoms in total. The number of hydrogen-bond acceptors (Lipinski definition) is 5.